The summed E-state index contributed by atoms with van der Waals surface area (Å²) in [4.78, 5) is 1.35. The van der Waals surface area contributed by atoms with Crippen LogP contribution in [0.25, 0.3) is 0 Å². The zero-order valence-electron chi connectivity index (χ0n) is 6.76. The van der Waals surface area contributed by atoms with Crippen LogP contribution in [0.2, 0.25) is 0 Å². The highest BCUT2D eigenvalue weighted by Gasteiger charge is 1.95. The van der Waals surface area contributed by atoms with E-state index in [4.69, 9.17) is 5.73 Å². The third-order valence-electron chi connectivity index (χ3n) is 1.56. The molecule has 0 aliphatic rings. The monoisotopic (exact) mass is 170 g/mol. The number of aryl methyl sites for hydroxylation is 1. The molecule has 0 amide bonds. The van der Waals surface area contributed by atoms with Crippen molar-refractivity contribution in [1.29, 1.82) is 0 Å². The Labute approximate surface area is 71.4 Å². The van der Waals surface area contributed by atoms with Gasteiger partial charge in [-0.3, -0.25) is 0 Å². The Bertz CT molecular complexity index is 208. The predicted molar refractivity (Wildman–Crippen MR) is 51.2 cm³/mol. The molecule has 62 valence electrons. The second-order valence-electron chi connectivity index (χ2n) is 2.46. The fraction of sp³-hybridized carbons (Fsp3) is 0.500. The van der Waals surface area contributed by atoms with E-state index in [0.717, 1.165) is 19.5 Å². The van der Waals surface area contributed by atoms with E-state index >= 15 is 0 Å². The molecule has 0 fully saturated rings. The maximum absolute atomic E-state index is 5.37. The molecule has 2 nitrogen and oxygen atoms in total. The lowest BCUT2D eigenvalue weighted by atomic mass is 10.3. The molecule has 0 radical (unpaired) electrons. The number of hydrogen-bond donors (Lipinski definition) is 2. The molecule has 0 spiro atoms. The van der Waals surface area contributed by atoms with E-state index in [0.29, 0.717) is 0 Å². The van der Waals surface area contributed by atoms with Gasteiger partial charge in [-0.2, -0.15) is 0 Å². The van der Waals surface area contributed by atoms with Gasteiger partial charge in [0, 0.05) is 17.1 Å². The largest absolute Gasteiger partial charge is 0.384 e. The van der Waals surface area contributed by atoms with Crippen molar-refractivity contribution in [2.45, 2.75) is 13.3 Å². The molecule has 0 bridgehead atoms. The Morgan fingerprint density at radius 2 is 2.45 bits per heavy atom. The molecule has 0 aliphatic heterocycles. The number of nitrogens with one attached hydrogen (secondary N) is 1. The van der Waals surface area contributed by atoms with Crippen LogP contribution in [0, 0.1) is 6.92 Å². The minimum absolute atomic E-state index is 0.760. The maximum atomic E-state index is 5.37. The van der Waals surface area contributed by atoms with Crippen LogP contribution in [0.15, 0.2) is 11.4 Å². The molecule has 0 unspecified atom stereocenters. The fourth-order valence-corrected chi connectivity index (χ4v) is 1.57. The number of hydrogen-bond acceptors (Lipinski definition) is 3. The van der Waals surface area contributed by atoms with E-state index in [1.54, 1.807) is 11.3 Å². The lowest BCUT2D eigenvalue weighted by Crippen LogP contribution is -2.08. The molecule has 1 aromatic rings. The molecule has 3 N–H and O–H groups in total. The van der Waals surface area contributed by atoms with Gasteiger partial charge < -0.3 is 11.1 Å². The minimum atomic E-state index is 0.760. The van der Waals surface area contributed by atoms with Crippen LogP contribution < -0.4 is 11.1 Å². The summed E-state index contributed by atoms with van der Waals surface area (Å²) in [5.74, 6) is 0. The lowest BCUT2D eigenvalue weighted by molar-refractivity contribution is 0.874. The van der Waals surface area contributed by atoms with Gasteiger partial charge in [0.2, 0.25) is 0 Å². The van der Waals surface area contributed by atoms with Crippen molar-refractivity contribution in [3.63, 3.8) is 0 Å². The molecule has 1 rings (SSSR count). The third kappa shape index (κ3) is 2.52. The average Bonchev–Trinajstić information content (AvgIpc) is 2.37. The molecular weight excluding hydrogens is 156 g/mol. The van der Waals surface area contributed by atoms with Gasteiger partial charge in [-0.1, -0.05) is 0 Å². The van der Waals surface area contributed by atoms with Crippen LogP contribution >= 0.6 is 11.3 Å². The molecular formula is C8H14N2S. The maximum Gasteiger partial charge on any atom is 0.0478 e. The van der Waals surface area contributed by atoms with Crippen molar-refractivity contribution in [2.75, 3.05) is 18.4 Å². The van der Waals surface area contributed by atoms with Crippen LogP contribution in [0.4, 0.5) is 5.69 Å². The summed E-state index contributed by atoms with van der Waals surface area (Å²) in [6, 6.07) is 2.11. The van der Waals surface area contributed by atoms with E-state index in [2.05, 4.69) is 23.7 Å². The van der Waals surface area contributed by atoms with Crippen molar-refractivity contribution in [2.24, 2.45) is 5.73 Å². The highest BCUT2D eigenvalue weighted by Crippen LogP contribution is 2.19. The van der Waals surface area contributed by atoms with Crippen LogP contribution in [0.3, 0.4) is 0 Å². The van der Waals surface area contributed by atoms with E-state index in [1.807, 2.05) is 0 Å². The summed E-state index contributed by atoms with van der Waals surface area (Å²) in [6.07, 6.45) is 1.04. The van der Waals surface area contributed by atoms with Crippen molar-refractivity contribution >= 4 is 17.0 Å². The van der Waals surface area contributed by atoms with Crippen molar-refractivity contribution in [3.05, 3.63) is 16.3 Å². The highest BCUT2D eigenvalue weighted by atomic mass is 32.1. The summed E-state index contributed by atoms with van der Waals surface area (Å²) < 4.78 is 0. The van der Waals surface area contributed by atoms with Crippen molar-refractivity contribution < 1.29 is 0 Å². The summed E-state index contributed by atoms with van der Waals surface area (Å²) in [6.45, 7) is 3.86. The Morgan fingerprint density at radius 1 is 1.64 bits per heavy atom. The first-order valence-corrected chi connectivity index (χ1v) is 4.70. The van der Waals surface area contributed by atoms with Gasteiger partial charge in [-0.05, 0) is 31.3 Å². The van der Waals surface area contributed by atoms with Crippen LogP contribution in [0.1, 0.15) is 11.3 Å². The van der Waals surface area contributed by atoms with Crippen molar-refractivity contribution in [1.82, 2.24) is 0 Å². The Kier molecular flexibility index (Phi) is 3.39. The molecule has 0 aliphatic carbocycles. The summed E-state index contributed by atoms with van der Waals surface area (Å²) in [7, 11) is 0. The van der Waals surface area contributed by atoms with E-state index in [-0.39, 0.29) is 0 Å². The smallest absolute Gasteiger partial charge is 0.0478 e. The normalized spacial score (nSPS) is 10.0. The van der Waals surface area contributed by atoms with E-state index in [1.165, 1.54) is 10.6 Å². The fourth-order valence-electron chi connectivity index (χ4n) is 0.893. The number of nitrogens with two attached hydrogens (primary N) is 1. The van der Waals surface area contributed by atoms with Gasteiger partial charge in [-0.25, -0.2) is 0 Å². The summed E-state index contributed by atoms with van der Waals surface area (Å²) in [5, 5.41) is 5.42. The SMILES string of the molecule is Cc1sccc1NCCCN. The Hall–Kier alpha value is -0.540. The van der Waals surface area contributed by atoms with E-state index < -0.39 is 0 Å². The van der Waals surface area contributed by atoms with Gasteiger partial charge in [0.15, 0.2) is 0 Å². The molecule has 0 atom stereocenters. The first kappa shape index (κ1) is 8.56. The first-order valence-electron chi connectivity index (χ1n) is 3.82. The number of thiophene rings is 1. The molecule has 0 saturated heterocycles. The molecule has 0 aromatic carbocycles. The second kappa shape index (κ2) is 4.36. The summed E-state index contributed by atoms with van der Waals surface area (Å²) in [5.41, 5.74) is 6.62. The summed E-state index contributed by atoms with van der Waals surface area (Å²) >= 11 is 1.77. The first-order chi connectivity index (χ1) is 5.34. The predicted octanol–water partition coefficient (Wildman–Crippen LogP) is 1.82. The lowest BCUT2D eigenvalue weighted by Gasteiger charge is -2.02. The quantitative estimate of drug-likeness (QED) is 0.676. The second-order valence-corrected chi connectivity index (χ2v) is 3.58. The number of rotatable bonds is 4. The molecule has 0 saturated carbocycles. The molecule has 1 heterocycles. The number of anilines is 1. The Morgan fingerprint density at radius 3 is 3.00 bits per heavy atom. The van der Waals surface area contributed by atoms with Gasteiger partial charge in [0.05, 0.1) is 0 Å². The van der Waals surface area contributed by atoms with Crippen LogP contribution in [-0.4, -0.2) is 13.1 Å². The molecule has 3 heteroatoms. The van der Waals surface area contributed by atoms with Crippen molar-refractivity contribution in [3.8, 4) is 0 Å². The zero-order chi connectivity index (χ0) is 8.10. The van der Waals surface area contributed by atoms with E-state index in [9.17, 15) is 0 Å². The topological polar surface area (TPSA) is 38.0 Å². The van der Waals surface area contributed by atoms with Crippen LogP contribution in [-0.2, 0) is 0 Å². The van der Waals surface area contributed by atoms with Gasteiger partial charge in [-0.15, -0.1) is 11.3 Å². The average molecular weight is 170 g/mol. The molecule has 11 heavy (non-hydrogen) atoms. The van der Waals surface area contributed by atoms with Gasteiger partial charge >= 0.3 is 0 Å². The van der Waals surface area contributed by atoms with Gasteiger partial charge in [0.1, 0.15) is 0 Å². The van der Waals surface area contributed by atoms with Gasteiger partial charge in [0.25, 0.3) is 0 Å². The zero-order valence-corrected chi connectivity index (χ0v) is 7.58. The molecule has 1 aromatic heterocycles. The third-order valence-corrected chi connectivity index (χ3v) is 2.40. The highest BCUT2D eigenvalue weighted by molar-refractivity contribution is 7.10. The van der Waals surface area contributed by atoms with Crippen LogP contribution in [0.5, 0.6) is 0 Å². The Balaban J connectivity index is 2.32. The minimum Gasteiger partial charge on any atom is -0.384 e. The standard InChI is InChI=1S/C8H14N2S/c1-7-8(3-6-11-7)10-5-2-4-9/h3,6,10H,2,4-5,9H2,1H3.